The summed E-state index contributed by atoms with van der Waals surface area (Å²) in [5, 5.41) is 18.8. The lowest BCUT2D eigenvalue weighted by Crippen LogP contribution is -2.41. The average Bonchev–Trinajstić information content (AvgIpc) is 2.55. The molecular formula is C20H18O4. The van der Waals surface area contributed by atoms with Crippen molar-refractivity contribution in [2.24, 2.45) is 11.8 Å². The summed E-state index contributed by atoms with van der Waals surface area (Å²) in [7, 11) is 0. The summed E-state index contributed by atoms with van der Waals surface area (Å²) in [6.45, 7) is 0. The molecule has 2 atom stereocenters. The van der Waals surface area contributed by atoms with Crippen LogP contribution in [0.3, 0.4) is 0 Å². The van der Waals surface area contributed by atoms with E-state index in [0.29, 0.717) is 0 Å². The number of fused-ring (bicyclic) bond motifs is 1. The van der Waals surface area contributed by atoms with E-state index in [9.17, 15) is 19.8 Å². The van der Waals surface area contributed by atoms with Crippen LogP contribution in [0.1, 0.15) is 46.9 Å². The maximum Gasteiger partial charge on any atom is 0.303 e. The van der Waals surface area contributed by atoms with E-state index in [4.69, 9.17) is 0 Å². The Morgan fingerprint density at radius 3 is 1.21 bits per heavy atom. The SMILES string of the molecule is O=C(O)CC1C2c3ccccc3C(c3ccccc32)C1CC(=O)O. The van der Waals surface area contributed by atoms with Crippen molar-refractivity contribution in [1.29, 1.82) is 0 Å². The Labute approximate surface area is 139 Å². The highest BCUT2D eigenvalue weighted by Gasteiger charge is 2.50. The molecule has 122 valence electrons. The summed E-state index contributed by atoms with van der Waals surface area (Å²) in [4.78, 5) is 22.9. The van der Waals surface area contributed by atoms with Crippen LogP contribution in [0.5, 0.6) is 0 Å². The largest absolute Gasteiger partial charge is 0.481 e. The number of benzene rings is 2. The van der Waals surface area contributed by atoms with Crippen LogP contribution in [-0.4, -0.2) is 22.2 Å². The Kier molecular flexibility index (Phi) is 3.41. The van der Waals surface area contributed by atoms with Crippen LogP contribution in [0.25, 0.3) is 0 Å². The van der Waals surface area contributed by atoms with Gasteiger partial charge in [0, 0.05) is 24.7 Å². The van der Waals surface area contributed by atoms with E-state index in [-0.39, 0.29) is 36.5 Å². The Bertz CT molecular complexity index is 710. The highest BCUT2D eigenvalue weighted by Crippen LogP contribution is 2.59. The quantitative estimate of drug-likeness (QED) is 0.904. The molecule has 0 radical (unpaired) electrons. The van der Waals surface area contributed by atoms with E-state index >= 15 is 0 Å². The van der Waals surface area contributed by atoms with Crippen LogP contribution >= 0.6 is 0 Å². The average molecular weight is 322 g/mol. The summed E-state index contributed by atoms with van der Waals surface area (Å²) < 4.78 is 0. The Morgan fingerprint density at radius 2 is 0.958 bits per heavy atom. The van der Waals surface area contributed by atoms with E-state index in [1.165, 1.54) is 0 Å². The van der Waals surface area contributed by atoms with E-state index in [0.717, 1.165) is 22.3 Å². The van der Waals surface area contributed by atoms with Crippen molar-refractivity contribution in [2.45, 2.75) is 24.7 Å². The summed E-state index contributed by atoms with van der Waals surface area (Å²) in [5.74, 6) is -2.18. The number of rotatable bonds is 4. The third-order valence-corrected chi connectivity index (χ3v) is 5.56. The monoisotopic (exact) mass is 322 g/mol. The lowest BCUT2D eigenvalue weighted by molar-refractivity contribution is -0.142. The molecular weight excluding hydrogens is 304 g/mol. The van der Waals surface area contributed by atoms with Gasteiger partial charge >= 0.3 is 11.9 Å². The van der Waals surface area contributed by atoms with Gasteiger partial charge in [-0.25, -0.2) is 0 Å². The molecule has 2 aromatic rings. The molecule has 0 aromatic heterocycles. The van der Waals surface area contributed by atoms with Gasteiger partial charge < -0.3 is 10.2 Å². The number of carboxylic acids is 2. The number of carbonyl (C=O) groups is 2. The standard InChI is InChI=1S/C20H18O4/c21-17(22)9-15-16(10-18(23)24)20-12-6-2-1-5-11(12)19(15)13-7-3-4-8-14(13)20/h1-8,15-16,19-20H,9-10H2,(H,21,22)(H,23,24). The maximum atomic E-state index is 11.5. The minimum Gasteiger partial charge on any atom is -0.481 e. The van der Waals surface area contributed by atoms with Crippen molar-refractivity contribution < 1.29 is 19.8 Å². The topological polar surface area (TPSA) is 74.6 Å². The summed E-state index contributed by atoms with van der Waals surface area (Å²) in [6.07, 6.45) is 0.00354. The third kappa shape index (κ3) is 2.13. The predicted molar refractivity (Wildman–Crippen MR) is 88.1 cm³/mol. The van der Waals surface area contributed by atoms with Crippen molar-refractivity contribution in [3.05, 3.63) is 70.8 Å². The zero-order valence-corrected chi connectivity index (χ0v) is 13.1. The number of hydrogen-bond donors (Lipinski definition) is 2. The molecule has 0 fully saturated rings. The summed E-state index contributed by atoms with van der Waals surface area (Å²) >= 11 is 0. The van der Waals surface area contributed by atoms with Crippen molar-refractivity contribution >= 4 is 11.9 Å². The number of carboxylic acid groups (broad SMARTS) is 2. The van der Waals surface area contributed by atoms with E-state index < -0.39 is 11.9 Å². The van der Waals surface area contributed by atoms with Gasteiger partial charge in [-0.15, -0.1) is 0 Å². The first-order chi connectivity index (χ1) is 11.6. The van der Waals surface area contributed by atoms with E-state index in [1.807, 2.05) is 24.3 Å². The molecule has 2 N–H and O–H groups in total. The second-order valence-electron chi connectivity index (χ2n) is 6.74. The van der Waals surface area contributed by atoms with Crippen molar-refractivity contribution in [2.75, 3.05) is 0 Å². The van der Waals surface area contributed by atoms with Gasteiger partial charge in [0.25, 0.3) is 0 Å². The molecule has 0 saturated heterocycles. The normalized spacial score (nSPS) is 26.5. The van der Waals surface area contributed by atoms with Crippen LogP contribution in [0.2, 0.25) is 0 Å². The maximum absolute atomic E-state index is 11.5. The van der Waals surface area contributed by atoms with Gasteiger partial charge in [-0.3, -0.25) is 9.59 Å². The Balaban J connectivity index is 1.94. The van der Waals surface area contributed by atoms with Crippen LogP contribution in [0.4, 0.5) is 0 Å². The molecule has 0 aliphatic heterocycles. The zero-order chi connectivity index (χ0) is 16.8. The smallest absolute Gasteiger partial charge is 0.303 e. The van der Waals surface area contributed by atoms with Gasteiger partial charge in [0.2, 0.25) is 0 Å². The van der Waals surface area contributed by atoms with Crippen molar-refractivity contribution in [3.63, 3.8) is 0 Å². The van der Waals surface area contributed by atoms with Gasteiger partial charge in [0.15, 0.2) is 0 Å². The first kappa shape index (κ1) is 14.9. The molecule has 3 aliphatic rings. The molecule has 4 heteroatoms. The fourth-order valence-corrected chi connectivity index (χ4v) is 4.85. The van der Waals surface area contributed by atoms with Crippen LogP contribution in [-0.2, 0) is 9.59 Å². The van der Waals surface area contributed by atoms with Gasteiger partial charge in [-0.2, -0.15) is 0 Å². The first-order valence-electron chi connectivity index (χ1n) is 8.19. The van der Waals surface area contributed by atoms with Crippen LogP contribution in [0, 0.1) is 11.8 Å². The van der Waals surface area contributed by atoms with Crippen LogP contribution < -0.4 is 0 Å². The molecule has 0 heterocycles. The molecule has 24 heavy (non-hydrogen) atoms. The lowest BCUT2D eigenvalue weighted by atomic mass is 9.53. The minimum atomic E-state index is -0.863. The Morgan fingerprint density at radius 1 is 0.667 bits per heavy atom. The molecule has 4 nitrogen and oxygen atoms in total. The fourth-order valence-electron chi connectivity index (χ4n) is 4.85. The molecule has 3 aliphatic carbocycles. The number of hydrogen-bond acceptors (Lipinski definition) is 2. The molecule has 0 spiro atoms. The second-order valence-corrected chi connectivity index (χ2v) is 6.74. The summed E-state index contributed by atoms with van der Waals surface area (Å²) in [6, 6.07) is 16.2. The highest BCUT2D eigenvalue weighted by atomic mass is 16.4. The summed E-state index contributed by atoms with van der Waals surface area (Å²) in [5.41, 5.74) is 4.64. The van der Waals surface area contributed by atoms with E-state index in [1.54, 1.807) is 0 Å². The lowest BCUT2D eigenvalue weighted by Gasteiger charge is -2.50. The predicted octanol–water partition coefficient (Wildman–Crippen LogP) is 3.46. The van der Waals surface area contributed by atoms with Crippen LogP contribution in [0.15, 0.2) is 48.5 Å². The third-order valence-electron chi connectivity index (χ3n) is 5.56. The minimum absolute atomic E-state index is 0.00177. The molecule has 0 amide bonds. The fraction of sp³-hybridized carbons (Fsp3) is 0.300. The molecule has 2 unspecified atom stereocenters. The number of aliphatic carboxylic acids is 2. The van der Waals surface area contributed by atoms with Gasteiger partial charge in [0.05, 0.1) is 0 Å². The molecule has 2 aromatic carbocycles. The Hall–Kier alpha value is -2.62. The molecule has 0 saturated carbocycles. The highest BCUT2D eigenvalue weighted by molar-refractivity contribution is 5.71. The van der Waals surface area contributed by atoms with E-state index in [2.05, 4.69) is 24.3 Å². The zero-order valence-electron chi connectivity index (χ0n) is 13.1. The van der Waals surface area contributed by atoms with Crippen molar-refractivity contribution in [3.8, 4) is 0 Å². The van der Waals surface area contributed by atoms with Crippen molar-refractivity contribution in [1.82, 2.24) is 0 Å². The molecule has 5 rings (SSSR count). The first-order valence-corrected chi connectivity index (χ1v) is 8.19. The molecule has 2 bridgehead atoms. The van der Waals surface area contributed by atoms with Gasteiger partial charge in [0.1, 0.15) is 0 Å². The second kappa shape index (κ2) is 5.48. The van der Waals surface area contributed by atoms with Gasteiger partial charge in [-0.05, 0) is 34.1 Å². The van der Waals surface area contributed by atoms with Gasteiger partial charge in [-0.1, -0.05) is 48.5 Å².